The van der Waals surface area contributed by atoms with Crippen LogP contribution < -0.4 is 4.90 Å². The average molecular weight is 429 g/mol. The molecule has 9 heteroatoms. The molecule has 0 N–H and O–H groups in total. The first-order valence-electron chi connectivity index (χ1n) is 8.79. The van der Waals surface area contributed by atoms with Crippen LogP contribution >= 0.6 is 22.7 Å². The van der Waals surface area contributed by atoms with Gasteiger partial charge in [-0.15, -0.1) is 11.3 Å². The van der Waals surface area contributed by atoms with E-state index in [0.29, 0.717) is 22.9 Å². The number of rotatable bonds is 4. The van der Waals surface area contributed by atoms with Gasteiger partial charge in [-0.05, 0) is 6.07 Å². The molecule has 3 heterocycles. The van der Waals surface area contributed by atoms with Crippen molar-refractivity contribution in [1.29, 1.82) is 0 Å². The zero-order valence-electron chi connectivity index (χ0n) is 14.8. The Hall–Kier alpha value is -2.91. The Labute approximate surface area is 172 Å². The van der Waals surface area contributed by atoms with Crippen LogP contribution in [0.15, 0.2) is 47.8 Å². The molecule has 29 heavy (non-hydrogen) atoms. The van der Waals surface area contributed by atoms with E-state index < -0.39 is 17.6 Å². The zero-order valence-corrected chi connectivity index (χ0v) is 16.5. The topological polar surface area (TPSA) is 55.3 Å². The van der Waals surface area contributed by atoms with Crippen molar-refractivity contribution in [2.24, 2.45) is 0 Å². The third kappa shape index (κ3) is 3.47. The lowest BCUT2D eigenvalue weighted by molar-refractivity contribution is 0.0228. The molecule has 0 saturated carbocycles. The number of nitrogens with zero attached hydrogens (tertiary/aromatic N) is 3. The molecule has 1 aliphatic rings. The largest absolute Gasteiger partial charge is 0.454 e. The number of benzene rings is 2. The minimum atomic E-state index is -0.677. The number of halogens is 2. The Morgan fingerprint density at radius 1 is 1.14 bits per heavy atom. The molecule has 4 aromatic rings. The van der Waals surface area contributed by atoms with Crippen LogP contribution in [0.2, 0.25) is 0 Å². The Kier molecular flexibility index (Phi) is 4.48. The highest BCUT2D eigenvalue weighted by Gasteiger charge is 2.33. The normalized spacial score (nSPS) is 14.2. The number of thiazole rings is 2. The lowest BCUT2D eigenvalue weighted by Crippen LogP contribution is -2.53. The minimum absolute atomic E-state index is 0.155. The average Bonchev–Trinajstić information content (AvgIpc) is 3.32. The predicted octanol–water partition coefficient (Wildman–Crippen LogP) is 4.74. The minimum Gasteiger partial charge on any atom is -0.454 e. The van der Waals surface area contributed by atoms with Crippen molar-refractivity contribution in [1.82, 2.24) is 9.97 Å². The van der Waals surface area contributed by atoms with Crippen molar-refractivity contribution in [3.63, 3.8) is 0 Å². The van der Waals surface area contributed by atoms with Crippen molar-refractivity contribution in [2.45, 2.75) is 6.10 Å². The number of hydrogen-bond acceptors (Lipinski definition) is 7. The fourth-order valence-electron chi connectivity index (χ4n) is 3.04. The van der Waals surface area contributed by atoms with Crippen LogP contribution in [-0.2, 0) is 4.74 Å². The molecule has 1 aliphatic heterocycles. The molecule has 0 unspecified atom stereocenters. The molecular weight excluding hydrogens is 416 g/mol. The summed E-state index contributed by atoms with van der Waals surface area (Å²) in [5.74, 6) is -1.77. The molecule has 0 atom stereocenters. The summed E-state index contributed by atoms with van der Waals surface area (Å²) in [6.45, 7) is 0.899. The van der Waals surface area contributed by atoms with Gasteiger partial charge < -0.3 is 9.64 Å². The van der Waals surface area contributed by atoms with Crippen LogP contribution in [-0.4, -0.2) is 35.1 Å². The molecule has 2 aromatic heterocycles. The summed E-state index contributed by atoms with van der Waals surface area (Å²) < 4.78 is 33.1. The molecular formula is C20H13F2N3O2S2. The van der Waals surface area contributed by atoms with Gasteiger partial charge in [0.1, 0.15) is 22.4 Å². The Bertz CT molecular complexity index is 1200. The summed E-state index contributed by atoms with van der Waals surface area (Å²) in [7, 11) is 0. The van der Waals surface area contributed by atoms with Crippen molar-refractivity contribution in [2.75, 3.05) is 18.0 Å². The van der Waals surface area contributed by atoms with Gasteiger partial charge in [-0.1, -0.05) is 41.7 Å². The predicted molar refractivity (Wildman–Crippen MR) is 109 cm³/mol. The van der Waals surface area contributed by atoms with E-state index in [1.54, 1.807) is 5.38 Å². The second-order valence-corrected chi connectivity index (χ2v) is 8.43. The van der Waals surface area contributed by atoms with E-state index in [2.05, 4.69) is 9.97 Å². The van der Waals surface area contributed by atoms with Gasteiger partial charge in [-0.2, -0.15) is 0 Å². The molecule has 0 amide bonds. The van der Waals surface area contributed by atoms with E-state index in [1.165, 1.54) is 28.7 Å². The number of carbonyl (C=O) groups excluding carboxylic acids is 1. The first kappa shape index (κ1) is 18.1. The van der Waals surface area contributed by atoms with Crippen LogP contribution in [0.4, 0.5) is 13.9 Å². The number of aromatic nitrogens is 2. The smallest absolute Gasteiger partial charge is 0.358 e. The van der Waals surface area contributed by atoms with E-state index in [4.69, 9.17) is 4.74 Å². The van der Waals surface area contributed by atoms with E-state index in [-0.39, 0.29) is 17.3 Å². The third-order valence-corrected chi connectivity index (χ3v) is 6.48. The zero-order chi connectivity index (χ0) is 20.0. The van der Waals surface area contributed by atoms with Gasteiger partial charge in [0.05, 0.1) is 17.8 Å². The standard InChI is InChI=1S/C20H13F2N3O2S2/c21-12-6-14(22)17-16(7-12)29-20(24-17)25-8-13(9-25)27-19(26)15-10-28-18(23-15)11-4-2-1-3-5-11/h1-7,10,13H,8-9H2. The van der Waals surface area contributed by atoms with Gasteiger partial charge in [0.25, 0.3) is 0 Å². The summed E-state index contributed by atoms with van der Waals surface area (Å²) >= 11 is 2.60. The van der Waals surface area contributed by atoms with Gasteiger partial charge in [0.2, 0.25) is 0 Å². The molecule has 0 bridgehead atoms. The van der Waals surface area contributed by atoms with E-state index >= 15 is 0 Å². The number of esters is 1. The molecule has 5 nitrogen and oxygen atoms in total. The molecule has 0 spiro atoms. The Morgan fingerprint density at radius 3 is 2.72 bits per heavy atom. The van der Waals surface area contributed by atoms with Crippen molar-refractivity contribution in [3.05, 3.63) is 65.2 Å². The Morgan fingerprint density at radius 2 is 1.93 bits per heavy atom. The molecule has 5 rings (SSSR count). The summed E-state index contributed by atoms with van der Waals surface area (Å²) in [6, 6.07) is 11.7. The van der Waals surface area contributed by atoms with Crippen LogP contribution in [0.5, 0.6) is 0 Å². The second kappa shape index (κ2) is 7.16. The highest BCUT2D eigenvalue weighted by molar-refractivity contribution is 7.22. The lowest BCUT2D eigenvalue weighted by Gasteiger charge is -2.37. The van der Waals surface area contributed by atoms with Gasteiger partial charge in [-0.3, -0.25) is 0 Å². The maximum Gasteiger partial charge on any atom is 0.358 e. The quantitative estimate of drug-likeness (QED) is 0.439. The number of ether oxygens (including phenoxy) is 1. The van der Waals surface area contributed by atoms with Crippen molar-refractivity contribution in [3.8, 4) is 10.6 Å². The van der Waals surface area contributed by atoms with Crippen molar-refractivity contribution >= 4 is 44.0 Å². The van der Waals surface area contributed by atoms with Gasteiger partial charge in [0.15, 0.2) is 16.6 Å². The molecule has 146 valence electrons. The first-order chi connectivity index (χ1) is 14.1. The number of hydrogen-bond donors (Lipinski definition) is 0. The molecule has 0 radical (unpaired) electrons. The number of fused-ring (bicyclic) bond motifs is 1. The summed E-state index contributed by atoms with van der Waals surface area (Å²) in [5.41, 5.74) is 1.39. The summed E-state index contributed by atoms with van der Waals surface area (Å²) in [6.07, 6.45) is -0.294. The fourth-order valence-corrected chi connectivity index (χ4v) is 4.86. The SMILES string of the molecule is O=C(OC1CN(c2nc3c(F)cc(F)cc3s2)C1)c1csc(-c2ccccc2)n1. The molecule has 1 saturated heterocycles. The summed E-state index contributed by atoms with van der Waals surface area (Å²) in [4.78, 5) is 22.8. The van der Waals surface area contributed by atoms with E-state index in [0.717, 1.165) is 16.6 Å². The van der Waals surface area contributed by atoms with Crippen LogP contribution in [0.3, 0.4) is 0 Å². The second-order valence-electron chi connectivity index (χ2n) is 6.57. The van der Waals surface area contributed by atoms with Crippen molar-refractivity contribution < 1.29 is 18.3 Å². The highest BCUT2D eigenvalue weighted by Crippen LogP contribution is 2.34. The van der Waals surface area contributed by atoms with Gasteiger partial charge >= 0.3 is 5.97 Å². The fraction of sp³-hybridized carbons (Fsp3) is 0.150. The van der Waals surface area contributed by atoms with Gasteiger partial charge in [-0.25, -0.2) is 23.5 Å². The highest BCUT2D eigenvalue weighted by atomic mass is 32.1. The van der Waals surface area contributed by atoms with E-state index in [9.17, 15) is 13.6 Å². The van der Waals surface area contributed by atoms with Crippen LogP contribution in [0.25, 0.3) is 20.8 Å². The lowest BCUT2D eigenvalue weighted by atomic mass is 10.2. The maximum atomic E-state index is 13.8. The van der Waals surface area contributed by atoms with Gasteiger partial charge in [0, 0.05) is 17.0 Å². The summed E-state index contributed by atoms with van der Waals surface area (Å²) in [5, 5.41) is 3.03. The molecule has 0 aliphatic carbocycles. The molecule has 2 aromatic carbocycles. The third-order valence-electron chi connectivity index (χ3n) is 4.53. The van der Waals surface area contributed by atoms with Crippen LogP contribution in [0, 0.1) is 11.6 Å². The van der Waals surface area contributed by atoms with E-state index in [1.807, 2.05) is 35.2 Å². The molecule has 1 fully saturated rings. The number of anilines is 1. The maximum absolute atomic E-state index is 13.8. The van der Waals surface area contributed by atoms with Crippen LogP contribution in [0.1, 0.15) is 10.5 Å². The number of carbonyl (C=O) groups is 1. The first-order valence-corrected chi connectivity index (χ1v) is 10.5. The Balaban J connectivity index is 1.22. The monoisotopic (exact) mass is 429 g/mol.